The summed E-state index contributed by atoms with van der Waals surface area (Å²) in [5, 5.41) is 8.41. The number of hydrogen-bond acceptors (Lipinski definition) is 7. The number of halogens is 1. The van der Waals surface area contributed by atoms with Gasteiger partial charge in [-0.15, -0.1) is 10.2 Å². The van der Waals surface area contributed by atoms with Crippen LogP contribution in [0.15, 0.2) is 82.1 Å². The van der Waals surface area contributed by atoms with Crippen molar-refractivity contribution in [2.45, 2.75) is 24.5 Å². The molecule has 1 aliphatic rings. The van der Waals surface area contributed by atoms with E-state index in [1.54, 1.807) is 24.3 Å². The summed E-state index contributed by atoms with van der Waals surface area (Å²) in [7, 11) is -3.69. The molecule has 0 N–H and O–H groups in total. The Labute approximate surface area is 207 Å². The Kier molecular flexibility index (Phi) is 6.38. The molecule has 0 fully saturated rings. The van der Waals surface area contributed by atoms with E-state index in [4.69, 9.17) is 20.8 Å². The molecule has 0 saturated heterocycles. The summed E-state index contributed by atoms with van der Waals surface area (Å²) in [6.45, 7) is 0.516. The molecule has 178 valence electrons. The fraction of sp³-hybridized carbons (Fsp3) is 0.160. The van der Waals surface area contributed by atoms with E-state index < -0.39 is 16.0 Å². The first-order valence-corrected chi connectivity index (χ1v) is 12.6. The smallest absolute Gasteiger partial charge is 0.338 e. The first-order valence-electron chi connectivity index (χ1n) is 10.8. The average molecular weight is 510 g/mol. The number of carbonyl (C=O) groups is 1. The van der Waals surface area contributed by atoms with Crippen LogP contribution < -0.4 is 0 Å². The molecule has 0 aliphatic carbocycles. The van der Waals surface area contributed by atoms with Crippen LogP contribution in [-0.4, -0.2) is 35.4 Å². The van der Waals surface area contributed by atoms with Crippen LogP contribution in [0.5, 0.6) is 0 Å². The fourth-order valence-corrected chi connectivity index (χ4v) is 5.36. The maximum Gasteiger partial charge on any atom is 0.338 e. The molecule has 1 aliphatic heterocycles. The number of fused-ring (bicyclic) bond motifs is 1. The third-order valence-corrected chi connectivity index (χ3v) is 7.82. The molecule has 3 aromatic carbocycles. The van der Waals surface area contributed by atoms with Gasteiger partial charge in [0, 0.05) is 23.7 Å². The summed E-state index contributed by atoms with van der Waals surface area (Å²) in [6.07, 6.45) is 0.662. The average Bonchev–Trinajstić information content (AvgIpc) is 3.36. The number of benzene rings is 3. The van der Waals surface area contributed by atoms with E-state index in [9.17, 15) is 13.2 Å². The molecule has 0 amide bonds. The molecule has 10 heteroatoms. The Hall–Kier alpha value is -3.53. The minimum Gasteiger partial charge on any atom is -0.452 e. The first-order chi connectivity index (χ1) is 16.9. The summed E-state index contributed by atoms with van der Waals surface area (Å²) in [4.78, 5) is 12.6. The molecule has 8 nitrogen and oxygen atoms in total. The highest BCUT2D eigenvalue weighted by atomic mass is 35.5. The highest BCUT2D eigenvalue weighted by molar-refractivity contribution is 7.89. The molecule has 0 unspecified atom stereocenters. The van der Waals surface area contributed by atoms with Crippen LogP contribution in [0.2, 0.25) is 5.02 Å². The predicted octanol–water partition coefficient (Wildman–Crippen LogP) is 4.49. The van der Waals surface area contributed by atoms with Crippen molar-refractivity contribution >= 4 is 27.6 Å². The zero-order valence-electron chi connectivity index (χ0n) is 18.4. The minimum absolute atomic E-state index is 0.123. The topological polar surface area (TPSA) is 103 Å². The Morgan fingerprint density at radius 1 is 0.971 bits per heavy atom. The molecule has 5 rings (SSSR count). The van der Waals surface area contributed by atoms with Crippen LogP contribution in [0, 0.1) is 0 Å². The lowest BCUT2D eigenvalue weighted by Gasteiger charge is -2.28. The first kappa shape index (κ1) is 23.2. The van der Waals surface area contributed by atoms with E-state index in [1.807, 2.05) is 24.3 Å². The van der Waals surface area contributed by atoms with Gasteiger partial charge in [-0.25, -0.2) is 13.2 Å². The molecule has 0 bridgehead atoms. The molecule has 35 heavy (non-hydrogen) atoms. The van der Waals surface area contributed by atoms with Crippen molar-refractivity contribution in [3.63, 3.8) is 0 Å². The predicted molar refractivity (Wildman–Crippen MR) is 128 cm³/mol. The van der Waals surface area contributed by atoms with E-state index in [-0.39, 0.29) is 28.8 Å². The maximum atomic E-state index is 13.1. The third-order valence-electron chi connectivity index (χ3n) is 5.71. The molecule has 1 aromatic heterocycles. The Morgan fingerprint density at radius 3 is 2.43 bits per heavy atom. The SMILES string of the molecule is O=C(OCc1nnc(-c2ccc(Cl)cc2)o1)c1ccc(S(=O)(=O)N2CCc3ccccc3C2)cc1. The van der Waals surface area contributed by atoms with Crippen LogP contribution in [-0.2, 0) is 34.3 Å². The summed E-state index contributed by atoms with van der Waals surface area (Å²) >= 11 is 5.88. The zero-order chi connectivity index (χ0) is 24.4. The van der Waals surface area contributed by atoms with E-state index in [2.05, 4.69) is 10.2 Å². The molecule has 0 spiro atoms. The van der Waals surface area contributed by atoms with Crippen LogP contribution in [0.1, 0.15) is 27.4 Å². The second-order valence-electron chi connectivity index (χ2n) is 7.97. The summed E-state index contributed by atoms with van der Waals surface area (Å²) < 4.78 is 38.4. The number of rotatable bonds is 6. The number of esters is 1. The van der Waals surface area contributed by atoms with Crippen LogP contribution in [0.25, 0.3) is 11.5 Å². The van der Waals surface area contributed by atoms with Crippen LogP contribution in [0.3, 0.4) is 0 Å². The quantitative estimate of drug-likeness (QED) is 0.353. The van der Waals surface area contributed by atoms with Gasteiger partial charge in [0.2, 0.25) is 15.9 Å². The lowest BCUT2D eigenvalue weighted by atomic mass is 10.0. The van der Waals surface area contributed by atoms with Crippen LogP contribution in [0.4, 0.5) is 0 Å². The van der Waals surface area contributed by atoms with Crippen molar-refractivity contribution in [2.75, 3.05) is 6.54 Å². The third kappa shape index (κ3) is 4.97. The number of sulfonamides is 1. The van der Waals surface area contributed by atoms with Gasteiger partial charge in [-0.2, -0.15) is 4.31 Å². The van der Waals surface area contributed by atoms with Crippen molar-refractivity contribution in [1.29, 1.82) is 0 Å². The van der Waals surface area contributed by atoms with E-state index in [0.717, 1.165) is 5.56 Å². The fourth-order valence-electron chi connectivity index (χ4n) is 3.82. The number of hydrogen-bond donors (Lipinski definition) is 0. The van der Waals surface area contributed by atoms with Gasteiger partial charge in [0.25, 0.3) is 5.89 Å². The lowest BCUT2D eigenvalue weighted by molar-refractivity contribution is 0.0438. The van der Waals surface area contributed by atoms with E-state index in [1.165, 1.54) is 34.1 Å². The van der Waals surface area contributed by atoms with Crippen molar-refractivity contribution in [2.24, 2.45) is 0 Å². The van der Waals surface area contributed by atoms with Gasteiger partial charge in [0.05, 0.1) is 10.5 Å². The van der Waals surface area contributed by atoms with E-state index >= 15 is 0 Å². The van der Waals surface area contributed by atoms with Gasteiger partial charge in [0.15, 0.2) is 6.61 Å². The second-order valence-corrected chi connectivity index (χ2v) is 10.3. The number of aromatic nitrogens is 2. The van der Waals surface area contributed by atoms with Gasteiger partial charge < -0.3 is 9.15 Å². The van der Waals surface area contributed by atoms with Gasteiger partial charge in [-0.05, 0) is 66.1 Å². The highest BCUT2D eigenvalue weighted by Crippen LogP contribution is 2.25. The van der Waals surface area contributed by atoms with Crippen molar-refractivity contribution in [3.05, 3.63) is 100 Å². The van der Waals surface area contributed by atoms with E-state index in [0.29, 0.717) is 30.1 Å². The van der Waals surface area contributed by atoms with Crippen molar-refractivity contribution < 1.29 is 22.4 Å². The van der Waals surface area contributed by atoms with Gasteiger partial charge in [-0.1, -0.05) is 35.9 Å². The second kappa shape index (κ2) is 9.61. The molecular formula is C25H20ClN3O5S. The lowest BCUT2D eigenvalue weighted by Crippen LogP contribution is -2.35. The normalized spacial score (nSPS) is 13.9. The Bertz CT molecular complexity index is 1470. The van der Waals surface area contributed by atoms with Gasteiger partial charge >= 0.3 is 5.97 Å². The molecule has 4 aromatic rings. The molecule has 0 radical (unpaired) electrons. The van der Waals surface area contributed by atoms with Gasteiger partial charge in [0.1, 0.15) is 0 Å². The molecule has 0 saturated carbocycles. The Morgan fingerprint density at radius 2 is 1.69 bits per heavy atom. The van der Waals surface area contributed by atoms with Crippen molar-refractivity contribution in [1.82, 2.24) is 14.5 Å². The summed E-state index contributed by atoms with van der Waals surface area (Å²) in [5.41, 5.74) is 3.07. The molecular weight excluding hydrogens is 490 g/mol. The maximum absolute atomic E-state index is 13.1. The zero-order valence-corrected chi connectivity index (χ0v) is 20.0. The highest BCUT2D eigenvalue weighted by Gasteiger charge is 2.28. The minimum atomic E-state index is -3.69. The monoisotopic (exact) mass is 509 g/mol. The standard InChI is InChI=1S/C25H20ClN3O5S/c26-21-9-5-18(6-10-21)24-28-27-23(34-24)16-33-25(30)19-7-11-22(12-8-19)35(31,32)29-14-13-17-3-1-2-4-20(17)15-29/h1-12H,13-16H2. The number of ether oxygens (including phenoxy) is 1. The molecule has 2 heterocycles. The number of carbonyl (C=O) groups excluding carboxylic acids is 1. The number of nitrogens with zero attached hydrogens (tertiary/aromatic N) is 3. The summed E-state index contributed by atoms with van der Waals surface area (Å²) in [6, 6.07) is 20.4. The van der Waals surface area contributed by atoms with Crippen molar-refractivity contribution in [3.8, 4) is 11.5 Å². The molecule has 0 atom stereocenters. The van der Waals surface area contributed by atoms with Crippen LogP contribution >= 0.6 is 11.6 Å². The summed E-state index contributed by atoms with van der Waals surface area (Å²) in [5.74, 6) is -0.220. The largest absolute Gasteiger partial charge is 0.452 e. The Balaban J connectivity index is 1.22. The van der Waals surface area contributed by atoms with Gasteiger partial charge in [-0.3, -0.25) is 0 Å².